The first-order valence-corrected chi connectivity index (χ1v) is 13.1. The molecule has 0 radical (unpaired) electrons. The van der Waals surface area contributed by atoms with E-state index in [1.165, 1.54) is 0 Å². The Balaban J connectivity index is 1.96. The number of nitrogens with one attached hydrogen (secondary N) is 2. The minimum absolute atomic E-state index is 0.0349. The standard InChI is InChI=1S/C27H41N5O4/c1-6-12-28-26(34)31-14-9-13-30(15-16-31)18-22-23(25(33)36-8-3)24(29-27(35)32(22)7-2)21-17-19(4)10-11-20(21)5/h10-11,17,24H,6-9,12-16,18H2,1-5H3,(H,28,34)(H,29,35)/t24-/m1/s1. The molecule has 0 bridgehead atoms. The van der Waals surface area contributed by atoms with Crippen molar-refractivity contribution in [2.24, 2.45) is 0 Å². The lowest BCUT2D eigenvalue weighted by atomic mass is 9.90. The number of aryl methyl sites for hydroxylation is 2. The van der Waals surface area contributed by atoms with Gasteiger partial charge in [0.25, 0.3) is 0 Å². The minimum Gasteiger partial charge on any atom is -0.463 e. The summed E-state index contributed by atoms with van der Waals surface area (Å²) in [4.78, 5) is 44.8. The summed E-state index contributed by atoms with van der Waals surface area (Å²) in [5, 5.41) is 6.02. The highest BCUT2D eigenvalue weighted by Crippen LogP contribution is 2.34. The van der Waals surface area contributed by atoms with Crippen molar-refractivity contribution in [1.29, 1.82) is 0 Å². The van der Waals surface area contributed by atoms with Gasteiger partial charge in [0.1, 0.15) is 0 Å². The molecule has 0 spiro atoms. The van der Waals surface area contributed by atoms with Crippen LogP contribution in [0.15, 0.2) is 29.5 Å². The molecule has 0 aromatic heterocycles. The van der Waals surface area contributed by atoms with E-state index in [4.69, 9.17) is 4.74 Å². The highest BCUT2D eigenvalue weighted by molar-refractivity contribution is 5.95. The molecule has 9 heteroatoms. The summed E-state index contributed by atoms with van der Waals surface area (Å²) >= 11 is 0. The normalized spacial score (nSPS) is 19.1. The van der Waals surface area contributed by atoms with Gasteiger partial charge in [-0.1, -0.05) is 30.7 Å². The van der Waals surface area contributed by atoms with Crippen LogP contribution in [0.2, 0.25) is 0 Å². The van der Waals surface area contributed by atoms with Crippen LogP contribution in [0.5, 0.6) is 0 Å². The van der Waals surface area contributed by atoms with E-state index >= 15 is 0 Å². The maximum atomic E-state index is 13.4. The summed E-state index contributed by atoms with van der Waals surface area (Å²) in [5.74, 6) is -0.410. The van der Waals surface area contributed by atoms with Crippen LogP contribution in [0, 0.1) is 13.8 Å². The van der Waals surface area contributed by atoms with Crippen LogP contribution >= 0.6 is 0 Å². The number of esters is 1. The number of carbonyl (C=O) groups excluding carboxylic acids is 3. The van der Waals surface area contributed by atoms with E-state index in [-0.39, 0.29) is 18.7 Å². The van der Waals surface area contributed by atoms with Crippen LogP contribution in [0.4, 0.5) is 9.59 Å². The summed E-state index contributed by atoms with van der Waals surface area (Å²) < 4.78 is 5.51. The van der Waals surface area contributed by atoms with Gasteiger partial charge in [0.2, 0.25) is 0 Å². The van der Waals surface area contributed by atoms with Gasteiger partial charge in [0, 0.05) is 51.5 Å². The van der Waals surface area contributed by atoms with Gasteiger partial charge in [-0.15, -0.1) is 0 Å². The van der Waals surface area contributed by atoms with Gasteiger partial charge < -0.3 is 20.3 Å². The monoisotopic (exact) mass is 499 g/mol. The minimum atomic E-state index is -0.586. The Labute approximate surface area is 214 Å². The Morgan fingerprint density at radius 3 is 2.58 bits per heavy atom. The van der Waals surface area contributed by atoms with Crippen LogP contribution in [0.3, 0.4) is 0 Å². The van der Waals surface area contributed by atoms with Crippen molar-refractivity contribution in [1.82, 2.24) is 25.3 Å². The number of benzene rings is 1. The Hall–Kier alpha value is -3.07. The number of ether oxygens (including phenoxy) is 1. The van der Waals surface area contributed by atoms with Gasteiger partial charge in [-0.05, 0) is 51.7 Å². The number of hydrogen-bond donors (Lipinski definition) is 2. The molecule has 3 rings (SSSR count). The van der Waals surface area contributed by atoms with Crippen LogP contribution in [0.1, 0.15) is 56.3 Å². The Morgan fingerprint density at radius 1 is 1.11 bits per heavy atom. The number of urea groups is 2. The Bertz CT molecular complexity index is 992. The Kier molecular flexibility index (Phi) is 9.75. The summed E-state index contributed by atoms with van der Waals surface area (Å²) in [6.45, 7) is 14.2. The maximum absolute atomic E-state index is 13.4. The Morgan fingerprint density at radius 2 is 1.89 bits per heavy atom. The predicted octanol–water partition coefficient (Wildman–Crippen LogP) is 3.33. The van der Waals surface area contributed by atoms with E-state index in [0.29, 0.717) is 50.5 Å². The second-order valence-corrected chi connectivity index (χ2v) is 9.42. The molecule has 4 amide bonds. The number of rotatable bonds is 8. The van der Waals surface area contributed by atoms with Crippen LogP contribution in [-0.2, 0) is 9.53 Å². The summed E-state index contributed by atoms with van der Waals surface area (Å²) in [5.41, 5.74) is 4.11. The van der Waals surface area contributed by atoms with Crippen LogP contribution < -0.4 is 10.6 Å². The molecule has 198 valence electrons. The number of amides is 4. The van der Waals surface area contributed by atoms with E-state index in [1.54, 1.807) is 11.8 Å². The number of hydrogen-bond acceptors (Lipinski definition) is 5. The van der Waals surface area contributed by atoms with E-state index in [1.807, 2.05) is 50.8 Å². The third kappa shape index (κ3) is 6.37. The summed E-state index contributed by atoms with van der Waals surface area (Å²) in [6, 6.07) is 5.22. The van der Waals surface area contributed by atoms with Gasteiger partial charge in [-0.25, -0.2) is 14.4 Å². The molecule has 2 N–H and O–H groups in total. The van der Waals surface area contributed by atoms with Gasteiger partial charge in [-0.3, -0.25) is 9.80 Å². The molecule has 2 aliphatic rings. The van der Waals surface area contributed by atoms with Gasteiger partial charge in [0.05, 0.1) is 18.2 Å². The fourth-order valence-electron chi connectivity index (χ4n) is 4.85. The molecule has 2 aliphatic heterocycles. The van der Waals surface area contributed by atoms with E-state index in [2.05, 4.69) is 15.5 Å². The van der Waals surface area contributed by atoms with Crippen molar-refractivity contribution in [2.45, 2.75) is 53.5 Å². The van der Waals surface area contributed by atoms with Gasteiger partial charge in [-0.2, -0.15) is 0 Å². The summed E-state index contributed by atoms with van der Waals surface area (Å²) in [7, 11) is 0. The average molecular weight is 500 g/mol. The van der Waals surface area contributed by atoms with E-state index in [0.717, 1.165) is 36.1 Å². The first-order valence-electron chi connectivity index (χ1n) is 13.1. The molecule has 36 heavy (non-hydrogen) atoms. The highest BCUT2D eigenvalue weighted by atomic mass is 16.5. The third-order valence-electron chi connectivity index (χ3n) is 6.77. The zero-order chi connectivity index (χ0) is 26.2. The molecular formula is C27H41N5O4. The van der Waals surface area contributed by atoms with Crippen molar-refractivity contribution >= 4 is 18.0 Å². The largest absolute Gasteiger partial charge is 0.463 e. The van der Waals surface area contributed by atoms with Crippen molar-refractivity contribution < 1.29 is 19.1 Å². The molecule has 0 saturated carbocycles. The van der Waals surface area contributed by atoms with Gasteiger partial charge >= 0.3 is 18.0 Å². The zero-order valence-electron chi connectivity index (χ0n) is 22.4. The second kappa shape index (κ2) is 12.8. The number of carbonyl (C=O) groups is 3. The molecule has 0 aliphatic carbocycles. The first-order chi connectivity index (χ1) is 17.3. The third-order valence-corrected chi connectivity index (χ3v) is 6.77. The topological polar surface area (TPSA) is 94.2 Å². The molecule has 9 nitrogen and oxygen atoms in total. The maximum Gasteiger partial charge on any atom is 0.338 e. The lowest BCUT2D eigenvalue weighted by molar-refractivity contribution is -0.139. The fourth-order valence-corrected chi connectivity index (χ4v) is 4.85. The fraction of sp³-hybridized carbons (Fsp3) is 0.593. The SMILES string of the molecule is CCCNC(=O)N1CCCN(CC2=C(C(=O)OCC)[C@@H](c3cc(C)ccc3C)NC(=O)N2CC)CC1. The van der Waals surface area contributed by atoms with Crippen molar-refractivity contribution in [3.63, 3.8) is 0 Å². The molecular weight excluding hydrogens is 458 g/mol. The number of nitrogens with zero attached hydrogens (tertiary/aromatic N) is 3. The molecule has 1 fully saturated rings. The quantitative estimate of drug-likeness (QED) is 0.535. The van der Waals surface area contributed by atoms with E-state index in [9.17, 15) is 14.4 Å². The molecule has 1 atom stereocenters. The number of likely N-dealkylation sites (N-methyl/N-ethyl adjacent to an activating group) is 1. The van der Waals surface area contributed by atoms with Crippen LogP contribution in [0.25, 0.3) is 0 Å². The van der Waals surface area contributed by atoms with Crippen molar-refractivity contribution in [2.75, 3.05) is 52.4 Å². The van der Waals surface area contributed by atoms with E-state index < -0.39 is 12.0 Å². The highest BCUT2D eigenvalue weighted by Gasteiger charge is 2.39. The lowest BCUT2D eigenvalue weighted by Gasteiger charge is -2.38. The molecule has 2 heterocycles. The van der Waals surface area contributed by atoms with Crippen molar-refractivity contribution in [3.8, 4) is 0 Å². The smallest absolute Gasteiger partial charge is 0.338 e. The van der Waals surface area contributed by atoms with Gasteiger partial charge in [0.15, 0.2) is 0 Å². The van der Waals surface area contributed by atoms with Crippen LogP contribution in [-0.4, -0.2) is 85.2 Å². The molecule has 1 saturated heterocycles. The second-order valence-electron chi connectivity index (χ2n) is 9.42. The molecule has 1 aromatic carbocycles. The van der Waals surface area contributed by atoms with Crippen molar-refractivity contribution in [3.05, 3.63) is 46.2 Å². The molecule has 1 aromatic rings. The predicted molar refractivity (Wildman–Crippen MR) is 140 cm³/mol. The zero-order valence-corrected chi connectivity index (χ0v) is 22.4. The average Bonchev–Trinajstić information content (AvgIpc) is 3.09. The molecule has 0 unspecified atom stereocenters. The lowest BCUT2D eigenvalue weighted by Crippen LogP contribution is -2.51. The first kappa shape index (κ1) is 27.5. The summed E-state index contributed by atoms with van der Waals surface area (Å²) in [6.07, 6.45) is 1.72.